The highest BCUT2D eigenvalue weighted by Gasteiger charge is 2.35. The van der Waals surface area contributed by atoms with Gasteiger partial charge in [-0.2, -0.15) is 5.26 Å². The van der Waals surface area contributed by atoms with Crippen LogP contribution in [0.5, 0.6) is 5.75 Å². The average molecular weight is 650 g/mol. The average Bonchev–Trinajstić information content (AvgIpc) is 3.38. The van der Waals surface area contributed by atoms with Gasteiger partial charge >= 0.3 is 5.97 Å². The minimum Gasteiger partial charge on any atom is -0.488 e. The quantitative estimate of drug-likeness (QED) is 0.187. The number of ether oxygens (including phenoxy) is 2. The van der Waals surface area contributed by atoms with Crippen molar-refractivity contribution in [1.29, 1.82) is 5.26 Å². The molecule has 1 atom stereocenters. The van der Waals surface area contributed by atoms with Crippen LogP contribution in [-0.4, -0.2) is 17.1 Å². The highest BCUT2D eigenvalue weighted by Crippen LogP contribution is 2.35. The predicted octanol–water partition coefficient (Wildman–Crippen LogP) is 6.18. The van der Waals surface area contributed by atoms with Crippen molar-refractivity contribution in [2.75, 3.05) is 6.61 Å². The second-order valence-corrected chi connectivity index (χ2v) is 11.7. The van der Waals surface area contributed by atoms with Crippen LogP contribution in [0.3, 0.4) is 0 Å². The minimum atomic E-state index is -0.931. The Hall–Kier alpha value is -5.30. The van der Waals surface area contributed by atoms with E-state index in [0.29, 0.717) is 48.1 Å². The van der Waals surface area contributed by atoms with Crippen molar-refractivity contribution < 1.29 is 18.7 Å². The number of nitrogens with zero attached hydrogens (tertiary/aromatic N) is 3. The van der Waals surface area contributed by atoms with Crippen LogP contribution in [0.25, 0.3) is 11.8 Å². The summed E-state index contributed by atoms with van der Waals surface area (Å²) in [7, 11) is 0. The molecule has 0 saturated heterocycles. The first-order valence-electron chi connectivity index (χ1n) is 14.3. The van der Waals surface area contributed by atoms with Gasteiger partial charge in [0.1, 0.15) is 18.2 Å². The summed E-state index contributed by atoms with van der Waals surface area (Å²) in [6.07, 6.45) is 1.68. The summed E-state index contributed by atoms with van der Waals surface area (Å²) in [6, 6.07) is 28.2. The molecule has 5 aromatic rings. The molecule has 7 nitrogen and oxygen atoms in total. The largest absolute Gasteiger partial charge is 0.488 e. The highest BCUT2D eigenvalue weighted by atomic mass is 35.5. The fourth-order valence-corrected chi connectivity index (χ4v) is 6.31. The first-order chi connectivity index (χ1) is 22.4. The van der Waals surface area contributed by atoms with Crippen molar-refractivity contribution in [2.24, 2.45) is 4.99 Å². The number of carbonyl (C=O) groups is 1. The van der Waals surface area contributed by atoms with Crippen molar-refractivity contribution in [1.82, 2.24) is 4.57 Å². The van der Waals surface area contributed by atoms with Crippen molar-refractivity contribution in [2.45, 2.75) is 19.6 Å². The Kier molecular flexibility index (Phi) is 8.92. The van der Waals surface area contributed by atoms with E-state index in [9.17, 15) is 14.0 Å². The normalized spacial score (nSPS) is 14.3. The van der Waals surface area contributed by atoms with Gasteiger partial charge in [0.2, 0.25) is 0 Å². The van der Waals surface area contributed by atoms with Crippen molar-refractivity contribution in [3.05, 3.63) is 161 Å². The van der Waals surface area contributed by atoms with Crippen LogP contribution in [0.4, 0.5) is 4.39 Å². The van der Waals surface area contributed by atoms with Crippen molar-refractivity contribution in [3.8, 4) is 11.8 Å². The Morgan fingerprint density at radius 3 is 2.50 bits per heavy atom. The summed E-state index contributed by atoms with van der Waals surface area (Å²) >= 11 is 7.52. The van der Waals surface area contributed by atoms with Gasteiger partial charge in [0.05, 0.1) is 40.1 Å². The lowest BCUT2D eigenvalue weighted by atomic mass is 9.93. The van der Waals surface area contributed by atoms with E-state index in [0.717, 1.165) is 16.9 Å². The van der Waals surface area contributed by atoms with Crippen LogP contribution in [-0.2, 0) is 16.1 Å². The zero-order valence-corrected chi connectivity index (χ0v) is 26.0. The lowest BCUT2D eigenvalue weighted by molar-refractivity contribution is -0.138. The summed E-state index contributed by atoms with van der Waals surface area (Å²) < 4.78 is 27.4. The second kappa shape index (κ2) is 13.4. The van der Waals surface area contributed by atoms with E-state index >= 15 is 0 Å². The lowest BCUT2D eigenvalue weighted by Crippen LogP contribution is -2.40. The molecule has 1 aliphatic heterocycles. The molecule has 0 aliphatic carbocycles. The molecule has 2 heterocycles. The molecular weight excluding hydrogens is 625 g/mol. The Morgan fingerprint density at radius 2 is 1.80 bits per heavy atom. The van der Waals surface area contributed by atoms with E-state index in [4.69, 9.17) is 31.3 Å². The zero-order chi connectivity index (χ0) is 32.2. The van der Waals surface area contributed by atoms with Gasteiger partial charge in [-0.3, -0.25) is 9.36 Å². The van der Waals surface area contributed by atoms with Crippen LogP contribution in [0, 0.1) is 17.1 Å². The Bertz CT molecular complexity index is 2190. The van der Waals surface area contributed by atoms with E-state index < -0.39 is 23.4 Å². The van der Waals surface area contributed by atoms with E-state index in [1.54, 1.807) is 55.5 Å². The molecule has 46 heavy (non-hydrogen) atoms. The van der Waals surface area contributed by atoms with Crippen molar-refractivity contribution >= 4 is 40.7 Å². The molecule has 0 spiro atoms. The summed E-state index contributed by atoms with van der Waals surface area (Å²) in [5.41, 5.74) is 3.31. The van der Waals surface area contributed by atoms with Crippen LogP contribution in [0.1, 0.15) is 40.8 Å². The van der Waals surface area contributed by atoms with Crippen molar-refractivity contribution in [3.63, 3.8) is 0 Å². The monoisotopic (exact) mass is 649 g/mol. The molecule has 0 amide bonds. The third kappa shape index (κ3) is 6.26. The van der Waals surface area contributed by atoms with E-state index in [2.05, 4.69) is 6.07 Å². The fourth-order valence-electron chi connectivity index (χ4n) is 5.14. The van der Waals surface area contributed by atoms with Gasteiger partial charge in [0.15, 0.2) is 4.80 Å². The lowest BCUT2D eigenvalue weighted by Gasteiger charge is -2.25. The SMILES string of the molecule is CCOC(=O)C1=C(c2ccccc2)N=c2s/c(=C\c3cc(Cl)ccc3OCc3ccc(C#N)cc3)c(=O)n2[C@@H]1c1ccc(F)cc1. The maximum Gasteiger partial charge on any atom is 0.338 e. The first-order valence-corrected chi connectivity index (χ1v) is 15.5. The topological polar surface area (TPSA) is 93.7 Å². The number of esters is 1. The summed E-state index contributed by atoms with van der Waals surface area (Å²) in [5.74, 6) is -0.579. The number of thiazole rings is 1. The molecule has 0 bridgehead atoms. The standard InChI is InChI=1S/C36H25ClFN3O4S/c1-2-44-35(43)31-32(24-6-4-3-5-7-24)40-36-41(33(31)25-12-15-28(38)16-13-25)34(42)30(46-36)19-26-18-27(37)14-17-29(26)45-21-23-10-8-22(20-39)9-11-23/h3-19,33H,2,21H2,1H3/b30-19-/t33-/m1/s1. The predicted molar refractivity (Wildman–Crippen MR) is 174 cm³/mol. The van der Waals surface area contributed by atoms with Gasteiger partial charge in [-0.05, 0) is 66.6 Å². The second-order valence-electron chi connectivity index (χ2n) is 10.3. The number of hydrogen-bond donors (Lipinski definition) is 0. The number of hydrogen-bond acceptors (Lipinski definition) is 7. The van der Waals surface area contributed by atoms with Crippen LogP contribution >= 0.6 is 22.9 Å². The molecule has 4 aromatic carbocycles. The van der Waals surface area contributed by atoms with Gasteiger partial charge in [0.25, 0.3) is 5.56 Å². The maximum absolute atomic E-state index is 14.2. The number of rotatable bonds is 8. The van der Waals surface area contributed by atoms with Gasteiger partial charge in [-0.1, -0.05) is 77.5 Å². The van der Waals surface area contributed by atoms with Crippen LogP contribution < -0.4 is 19.6 Å². The summed E-state index contributed by atoms with van der Waals surface area (Å²) in [5, 5.41) is 9.53. The Balaban J connectivity index is 1.51. The number of carbonyl (C=O) groups excluding carboxylic acids is 1. The fraction of sp³-hybridized carbons (Fsp3) is 0.111. The third-order valence-electron chi connectivity index (χ3n) is 7.30. The molecule has 1 aliphatic rings. The molecule has 0 radical (unpaired) electrons. The number of halogens is 2. The molecule has 1 aromatic heterocycles. The smallest absolute Gasteiger partial charge is 0.338 e. The molecule has 0 saturated carbocycles. The Labute approximate surface area is 272 Å². The minimum absolute atomic E-state index is 0.116. The first kappa shape index (κ1) is 30.7. The summed E-state index contributed by atoms with van der Waals surface area (Å²) in [4.78, 5) is 33.0. The molecule has 0 N–H and O–H groups in total. The van der Waals surface area contributed by atoms with E-state index in [1.165, 1.54) is 16.7 Å². The van der Waals surface area contributed by atoms with Gasteiger partial charge < -0.3 is 9.47 Å². The van der Waals surface area contributed by atoms with Crippen LogP contribution in [0.15, 0.2) is 112 Å². The highest BCUT2D eigenvalue weighted by molar-refractivity contribution is 7.07. The molecular formula is C36H25ClFN3O4S. The number of fused-ring (bicyclic) bond motifs is 1. The summed E-state index contributed by atoms with van der Waals surface area (Å²) in [6.45, 7) is 2.04. The van der Waals surface area contributed by atoms with E-state index in [1.807, 2.05) is 42.5 Å². The number of nitriles is 1. The number of aromatic nitrogens is 1. The number of benzene rings is 4. The molecule has 6 rings (SSSR count). The Morgan fingerprint density at radius 1 is 1.07 bits per heavy atom. The maximum atomic E-state index is 14.2. The van der Waals surface area contributed by atoms with Crippen LogP contribution in [0.2, 0.25) is 5.02 Å². The zero-order valence-electron chi connectivity index (χ0n) is 24.4. The van der Waals surface area contributed by atoms with Gasteiger partial charge in [-0.25, -0.2) is 14.2 Å². The van der Waals surface area contributed by atoms with Gasteiger partial charge in [0, 0.05) is 16.1 Å². The molecule has 0 fully saturated rings. The third-order valence-corrected chi connectivity index (χ3v) is 8.51. The molecule has 0 unspecified atom stereocenters. The van der Waals surface area contributed by atoms with E-state index in [-0.39, 0.29) is 18.8 Å². The molecule has 10 heteroatoms. The molecule has 228 valence electrons. The van der Waals surface area contributed by atoms with Gasteiger partial charge in [-0.15, -0.1) is 0 Å².